The molecule has 1 aliphatic carbocycles. The van der Waals surface area contributed by atoms with Gasteiger partial charge in [-0.3, -0.25) is 14.2 Å². The van der Waals surface area contributed by atoms with Gasteiger partial charge in [-0.1, -0.05) is 42.8 Å². The fraction of sp³-hybridized carbons (Fsp3) is 0.370. The molecule has 0 bridgehead atoms. The van der Waals surface area contributed by atoms with Gasteiger partial charge in [0.25, 0.3) is 5.56 Å². The van der Waals surface area contributed by atoms with Crippen molar-refractivity contribution in [2.45, 2.75) is 52.3 Å². The van der Waals surface area contributed by atoms with Gasteiger partial charge >= 0.3 is 5.97 Å². The molecular weight excluding hydrogens is 464 g/mol. The molecule has 3 aromatic rings. The van der Waals surface area contributed by atoms with Crippen LogP contribution in [0, 0.1) is 0 Å². The molecule has 0 aliphatic heterocycles. The van der Waals surface area contributed by atoms with E-state index in [1.807, 2.05) is 75.3 Å². The summed E-state index contributed by atoms with van der Waals surface area (Å²) in [5, 5.41) is 3.95. The van der Waals surface area contributed by atoms with Crippen LogP contribution in [-0.4, -0.2) is 35.7 Å². The molecule has 35 heavy (non-hydrogen) atoms. The van der Waals surface area contributed by atoms with Gasteiger partial charge in [0.1, 0.15) is 17.6 Å². The number of fused-ring (bicyclic) bond motifs is 1. The molecule has 0 saturated heterocycles. The van der Waals surface area contributed by atoms with Crippen LogP contribution in [0.25, 0.3) is 11.4 Å². The molecule has 0 saturated carbocycles. The topological polar surface area (TPSA) is 76.5 Å². The van der Waals surface area contributed by atoms with Crippen molar-refractivity contribution in [1.29, 1.82) is 0 Å². The molecule has 1 N–H and O–H groups in total. The lowest BCUT2D eigenvalue weighted by atomic mass is 10.1. The molecule has 1 aromatic heterocycles. The minimum Gasteiger partial charge on any atom is -0.460 e. The Morgan fingerprint density at radius 2 is 1.97 bits per heavy atom. The van der Waals surface area contributed by atoms with Gasteiger partial charge in [0, 0.05) is 45.2 Å². The van der Waals surface area contributed by atoms with E-state index in [9.17, 15) is 9.59 Å². The number of benzene rings is 2. The first kappa shape index (κ1) is 24.8. The number of carbonyl (C=O) groups is 1. The molecule has 2 aromatic carbocycles. The maximum atomic E-state index is 13.8. The molecule has 7 nitrogen and oxygen atoms in total. The predicted molar refractivity (Wildman–Crippen MR) is 140 cm³/mol. The summed E-state index contributed by atoms with van der Waals surface area (Å²) in [5.74, 6) is 0.194. The summed E-state index contributed by atoms with van der Waals surface area (Å²) in [4.78, 5) is 32.5. The zero-order chi connectivity index (χ0) is 25.3. The van der Waals surface area contributed by atoms with Crippen molar-refractivity contribution >= 4 is 28.9 Å². The van der Waals surface area contributed by atoms with Crippen LogP contribution in [0.4, 0.5) is 11.4 Å². The van der Waals surface area contributed by atoms with Crippen molar-refractivity contribution in [1.82, 2.24) is 9.55 Å². The van der Waals surface area contributed by atoms with Crippen molar-refractivity contribution < 1.29 is 9.53 Å². The second-order valence-electron chi connectivity index (χ2n) is 8.89. The van der Waals surface area contributed by atoms with E-state index in [2.05, 4.69) is 5.32 Å². The quantitative estimate of drug-likeness (QED) is 0.473. The first-order valence-corrected chi connectivity index (χ1v) is 12.2. The molecule has 4 rings (SSSR count). The molecular formula is C27H31ClN4O3. The summed E-state index contributed by atoms with van der Waals surface area (Å²) in [7, 11) is 3.90. The van der Waals surface area contributed by atoms with Crippen LogP contribution in [0.2, 0.25) is 5.02 Å². The van der Waals surface area contributed by atoms with E-state index in [4.69, 9.17) is 21.3 Å². The number of anilines is 2. The summed E-state index contributed by atoms with van der Waals surface area (Å²) in [6, 6.07) is 13.4. The van der Waals surface area contributed by atoms with Gasteiger partial charge in [0.2, 0.25) is 0 Å². The normalized spacial score (nSPS) is 16.6. The first-order chi connectivity index (χ1) is 16.7. The zero-order valence-corrected chi connectivity index (χ0v) is 21.5. The van der Waals surface area contributed by atoms with Gasteiger partial charge in [0.05, 0.1) is 16.8 Å². The Balaban J connectivity index is 1.81. The number of nitrogens with one attached hydrogen (secondary N) is 1. The van der Waals surface area contributed by atoms with Crippen LogP contribution >= 0.6 is 11.6 Å². The SMILES string of the molecule is CCc1nc(-c2ccc(N(C)C)cc2Cl)n(CC)c(=O)c1N[C@@H]1c2ccccc2C[C@@H]1OC(C)=O. The average molecular weight is 495 g/mol. The van der Waals surface area contributed by atoms with Crippen molar-refractivity contribution in [2.75, 3.05) is 24.3 Å². The lowest BCUT2D eigenvalue weighted by Crippen LogP contribution is -2.32. The van der Waals surface area contributed by atoms with Crippen molar-refractivity contribution in [3.63, 3.8) is 0 Å². The molecule has 2 atom stereocenters. The third-order valence-electron chi connectivity index (χ3n) is 6.41. The van der Waals surface area contributed by atoms with Crippen LogP contribution < -0.4 is 15.8 Å². The van der Waals surface area contributed by atoms with Gasteiger partial charge in [0.15, 0.2) is 0 Å². The third-order valence-corrected chi connectivity index (χ3v) is 6.72. The van der Waals surface area contributed by atoms with E-state index in [0.29, 0.717) is 47.2 Å². The van der Waals surface area contributed by atoms with Crippen molar-refractivity contribution in [2.24, 2.45) is 0 Å². The number of hydrogen-bond donors (Lipinski definition) is 1. The Morgan fingerprint density at radius 3 is 2.60 bits per heavy atom. The number of halogens is 1. The van der Waals surface area contributed by atoms with Gasteiger partial charge in [-0.25, -0.2) is 4.98 Å². The molecule has 0 unspecified atom stereocenters. The molecule has 0 radical (unpaired) electrons. The fourth-order valence-corrected chi connectivity index (χ4v) is 4.93. The fourth-order valence-electron chi connectivity index (χ4n) is 4.67. The Kier molecular flexibility index (Phi) is 7.17. The molecule has 1 heterocycles. The maximum absolute atomic E-state index is 13.8. The minimum absolute atomic E-state index is 0.173. The molecule has 8 heteroatoms. The number of rotatable bonds is 7. The van der Waals surface area contributed by atoms with Gasteiger partial charge < -0.3 is 15.0 Å². The Bertz CT molecular complexity index is 1320. The maximum Gasteiger partial charge on any atom is 0.302 e. The molecule has 0 fully saturated rings. The van der Waals surface area contributed by atoms with E-state index < -0.39 is 6.10 Å². The highest BCUT2D eigenvalue weighted by atomic mass is 35.5. The summed E-state index contributed by atoms with van der Waals surface area (Å²) in [6.07, 6.45) is 0.738. The van der Waals surface area contributed by atoms with Crippen LogP contribution in [0.3, 0.4) is 0 Å². The molecule has 1 aliphatic rings. The van der Waals surface area contributed by atoms with Crippen LogP contribution in [0.15, 0.2) is 47.3 Å². The van der Waals surface area contributed by atoms with E-state index in [1.54, 1.807) is 4.57 Å². The third kappa shape index (κ3) is 4.78. The number of nitrogens with zero attached hydrogens (tertiary/aromatic N) is 3. The van der Waals surface area contributed by atoms with Gasteiger partial charge in [-0.05, 0) is 42.7 Å². The standard InChI is InChI=1S/C27H31ClN4O3/c1-6-22-25(30-24-19-11-9-8-10-17(19)14-23(24)35-16(3)33)27(34)32(7-2)26(29-22)20-13-12-18(31(4)5)15-21(20)28/h8-13,15,23-24,30H,6-7,14H2,1-5H3/t23-,24+/m0/s1. The van der Waals surface area contributed by atoms with Crippen LogP contribution in [0.5, 0.6) is 0 Å². The Labute approximate surface area is 210 Å². The molecule has 0 amide bonds. The summed E-state index contributed by atoms with van der Waals surface area (Å²) >= 11 is 6.64. The van der Waals surface area contributed by atoms with Crippen LogP contribution in [-0.2, 0) is 28.9 Å². The van der Waals surface area contributed by atoms with E-state index in [1.165, 1.54) is 6.92 Å². The van der Waals surface area contributed by atoms with E-state index >= 15 is 0 Å². The largest absolute Gasteiger partial charge is 0.460 e. The van der Waals surface area contributed by atoms with E-state index in [0.717, 1.165) is 16.8 Å². The number of aryl methyl sites for hydroxylation is 1. The highest BCUT2D eigenvalue weighted by molar-refractivity contribution is 6.33. The van der Waals surface area contributed by atoms with Crippen LogP contribution in [0.1, 0.15) is 43.6 Å². The average Bonchev–Trinajstić information content (AvgIpc) is 3.16. The summed E-state index contributed by atoms with van der Waals surface area (Å²) in [5.41, 5.74) is 4.70. The predicted octanol–water partition coefficient (Wildman–Crippen LogP) is 4.85. The summed E-state index contributed by atoms with van der Waals surface area (Å²) < 4.78 is 7.27. The smallest absolute Gasteiger partial charge is 0.302 e. The van der Waals surface area contributed by atoms with Gasteiger partial charge in [-0.15, -0.1) is 0 Å². The minimum atomic E-state index is -0.406. The Morgan fingerprint density at radius 1 is 1.23 bits per heavy atom. The lowest BCUT2D eigenvalue weighted by Gasteiger charge is -2.25. The molecule has 184 valence electrons. The zero-order valence-electron chi connectivity index (χ0n) is 20.8. The lowest BCUT2D eigenvalue weighted by molar-refractivity contribution is -0.146. The van der Waals surface area contributed by atoms with Gasteiger partial charge in [-0.2, -0.15) is 0 Å². The highest BCUT2D eigenvalue weighted by Crippen LogP contribution is 2.37. The number of hydrogen-bond acceptors (Lipinski definition) is 6. The van der Waals surface area contributed by atoms with Crippen molar-refractivity contribution in [3.05, 3.63) is 74.7 Å². The number of aromatic nitrogens is 2. The monoisotopic (exact) mass is 494 g/mol. The number of ether oxygens (including phenoxy) is 1. The first-order valence-electron chi connectivity index (χ1n) is 11.9. The van der Waals surface area contributed by atoms with Crippen molar-refractivity contribution in [3.8, 4) is 11.4 Å². The Hall–Kier alpha value is -3.32. The highest BCUT2D eigenvalue weighted by Gasteiger charge is 2.36. The van der Waals surface area contributed by atoms with E-state index in [-0.39, 0.29) is 17.6 Å². The molecule has 0 spiro atoms. The number of esters is 1. The second kappa shape index (κ2) is 10.1. The summed E-state index contributed by atoms with van der Waals surface area (Å²) in [6.45, 7) is 5.72. The second-order valence-corrected chi connectivity index (χ2v) is 9.30. The number of carbonyl (C=O) groups excluding carboxylic acids is 1.